The van der Waals surface area contributed by atoms with Crippen LogP contribution in [-0.4, -0.2) is 34.7 Å². The number of benzene rings is 1. The maximum Gasteiger partial charge on any atom is 0.328 e. The topological polar surface area (TPSA) is 86.6 Å². The van der Waals surface area contributed by atoms with E-state index in [-0.39, 0.29) is 5.56 Å². The number of nitrogens with one attached hydrogen (secondary N) is 1. The Morgan fingerprint density at radius 3 is 2.65 bits per heavy atom. The molecular weight excluding hydrogens is 313 g/mol. The fourth-order valence-corrected chi connectivity index (χ4v) is 1.69. The van der Waals surface area contributed by atoms with Crippen LogP contribution < -0.4 is 5.32 Å². The number of amides is 1. The van der Waals surface area contributed by atoms with Gasteiger partial charge in [0.15, 0.2) is 6.04 Å². The lowest BCUT2D eigenvalue weighted by Gasteiger charge is -2.12. The van der Waals surface area contributed by atoms with Crippen LogP contribution in [0.3, 0.4) is 0 Å². The van der Waals surface area contributed by atoms with Gasteiger partial charge in [-0.05, 0) is 34.1 Å². The van der Waals surface area contributed by atoms with Crippen molar-refractivity contribution in [2.24, 2.45) is 0 Å². The molecule has 0 aromatic heterocycles. The van der Waals surface area contributed by atoms with Crippen molar-refractivity contribution in [3.8, 4) is 0 Å². The summed E-state index contributed by atoms with van der Waals surface area (Å²) in [5.74, 6) is -1.93. The molecule has 0 saturated heterocycles. The molecule has 0 aliphatic rings. The Balaban J connectivity index is 2.89. The van der Waals surface area contributed by atoms with Gasteiger partial charge >= 0.3 is 5.97 Å². The first-order valence-electron chi connectivity index (χ1n) is 4.55. The van der Waals surface area contributed by atoms with Crippen LogP contribution >= 0.6 is 27.5 Å². The number of carboxylic acid groups (broad SMARTS) is 1. The summed E-state index contributed by atoms with van der Waals surface area (Å²) >= 11 is 8.88. The second kappa shape index (κ2) is 6.00. The summed E-state index contributed by atoms with van der Waals surface area (Å²) in [6.45, 7) is -0.681. The summed E-state index contributed by atoms with van der Waals surface area (Å²) in [7, 11) is 0. The van der Waals surface area contributed by atoms with Gasteiger partial charge in [-0.25, -0.2) is 4.79 Å². The lowest BCUT2D eigenvalue weighted by Crippen LogP contribution is -2.43. The molecule has 1 rings (SSSR count). The van der Waals surface area contributed by atoms with Crippen LogP contribution in [0.5, 0.6) is 0 Å². The molecule has 7 heteroatoms. The highest BCUT2D eigenvalue weighted by molar-refractivity contribution is 9.10. The van der Waals surface area contributed by atoms with Crippen molar-refractivity contribution in [1.82, 2.24) is 5.32 Å². The van der Waals surface area contributed by atoms with Gasteiger partial charge in [-0.15, -0.1) is 0 Å². The first kappa shape index (κ1) is 14.0. The molecule has 92 valence electrons. The number of carbonyl (C=O) groups excluding carboxylic acids is 1. The maximum atomic E-state index is 11.7. The van der Waals surface area contributed by atoms with E-state index in [1.54, 1.807) is 12.1 Å². The van der Waals surface area contributed by atoms with E-state index in [4.69, 9.17) is 21.8 Å². The van der Waals surface area contributed by atoms with Gasteiger partial charge in [0.25, 0.3) is 5.91 Å². The van der Waals surface area contributed by atoms with Gasteiger partial charge in [0.05, 0.1) is 12.2 Å². The van der Waals surface area contributed by atoms with Crippen molar-refractivity contribution in [1.29, 1.82) is 0 Å². The third kappa shape index (κ3) is 3.69. The van der Waals surface area contributed by atoms with Gasteiger partial charge in [-0.1, -0.05) is 11.6 Å². The predicted octanol–water partition coefficient (Wildman–Crippen LogP) is 1.28. The van der Waals surface area contributed by atoms with Crippen LogP contribution in [0, 0.1) is 0 Å². The van der Waals surface area contributed by atoms with E-state index in [2.05, 4.69) is 21.2 Å². The van der Waals surface area contributed by atoms with Crippen molar-refractivity contribution in [3.05, 3.63) is 33.3 Å². The maximum absolute atomic E-state index is 11.7. The molecule has 1 atom stereocenters. The molecule has 3 N–H and O–H groups in total. The number of hydrogen-bond donors (Lipinski definition) is 3. The molecule has 17 heavy (non-hydrogen) atoms. The van der Waals surface area contributed by atoms with E-state index in [1.165, 1.54) is 6.07 Å². The van der Waals surface area contributed by atoms with Gasteiger partial charge in [-0.3, -0.25) is 4.79 Å². The number of aliphatic carboxylic acids is 1. The largest absolute Gasteiger partial charge is 0.480 e. The second-order valence-corrected chi connectivity index (χ2v) is 4.46. The Bertz CT molecular complexity index is 452. The molecule has 0 radical (unpaired) electrons. The fraction of sp³-hybridized carbons (Fsp3) is 0.200. The lowest BCUT2D eigenvalue weighted by atomic mass is 10.2. The quantitative estimate of drug-likeness (QED) is 0.779. The van der Waals surface area contributed by atoms with Gasteiger partial charge < -0.3 is 15.5 Å². The predicted molar refractivity (Wildman–Crippen MR) is 65.1 cm³/mol. The molecule has 0 saturated carbocycles. The van der Waals surface area contributed by atoms with Gasteiger partial charge in [0.1, 0.15) is 0 Å². The number of hydrogen-bond acceptors (Lipinski definition) is 3. The number of aliphatic hydroxyl groups is 1. The molecule has 0 bridgehead atoms. The van der Waals surface area contributed by atoms with Crippen molar-refractivity contribution >= 4 is 39.4 Å². The van der Waals surface area contributed by atoms with Gasteiger partial charge in [0, 0.05) is 9.50 Å². The summed E-state index contributed by atoms with van der Waals surface area (Å²) in [5.41, 5.74) is 0.206. The minimum absolute atomic E-state index is 0.206. The highest BCUT2D eigenvalue weighted by Gasteiger charge is 2.20. The molecule has 0 heterocycles. The summed E-state index contributed by atoms with van der Waals surface area (Å²) in [4.78, 5) is 22.4. The molecule has 0 unspecified atom stereocenters. The third-order valence-corrected chi connectivity index (χ3v) is 2.89. The van der Waals surface area contributed by atoms with E-state index in [1.807, 2.05) is 0 Å². The van der Waals surface area contributed by atoms with E-state index < -0.39 is 24.5 Å². The van der Waals surface area contributed by atoms with Crippen molar-refractivity contribution in [2.75, 3.05) is 6.61 Å². The Morgan fingerprint density at radius 2 is 2.12 bits per heavy atom. The van der Waals surface area contributed by atoms with Crippen LogP contribution in [0.2, 0.25) is 5.02 Å². The van der Waals surface area contributed by atoms with E-state index in [0.717, 1.165) is 0 Å². The molecular formula is C10H9BrClNO4. The standard InChI is InChI=1S/C10H9BrClNO4/c11-7-2-1-5(12)3-6(7)9(15)13-8(4-14)10(16)17/h1-3,8,14H,4H2,(H,13,15)(H,16,17)/t8-/m1/s1. The summed E-state index contributed by atoms with van der Waals surface area (Å²) in [5, 5.41) is 20.0. The van der Waals surface area contributed by atoms with Crippen LogP contribution in [-0.2, 0) is 4.79 Å². The average molecular weight is 323 g/mol. The molecule has 1 amide bonds. The number of halogens is 2. The third-order valence-electron chi connectivity index (χ3n) is 1.96. The summed E-state index contributed by atoms with van der Waals surface area (Å²) in [6.07, 6.45) is 0. The van der Waals surface area contributed by atoms with Crippen LogP contribution in [0.25, 0.3) is 0 Å². The molecule has 0 fully saturated rings. The first-order valence-corrected chi connectivity index (χ1v) is 5.72. The molecule has 0 aliphatic heterocycles. The van der Waals surface area contributed by atoms with Gasteiger partial charge in [0.2, 0.25) is 0 Å². The lowest BCUT2D eigenvalue weighted by molar-refractivity contribution is -0.140. The SMILES string of the molecule is O=C(N[C@H](CO)C(=O)O)c1cc(Cl)ccc1Br. The average Bonchev–Trinajstić information content (AvgIpc) is 2.28. The fourth-order valence-electron chi connectivity index (χ4n) is 1.09. The number of carboxylic acids is 1. The Hall–Kier alpha value is -1.11. The van der Waals surface area contributed by atoms with Crippen LogP contribution in [0.4, 0.5) is 0 Å². The van der Waals surface area contributed by atoms with E-state index >= 15 is 0 Å². The number of aliphatic hydroxyl groups excluding tert-OH is 1. The highest BCUT2D eigenvalue weighted by Crippen LogP contribution is 2.21. The Morgan fingerprint density at radius 1 is 1.47 bits per heavy atom. The zero-order chi connectivity index (χ0) is 13.0. The van der Waals surface area contributed by atoms with Gasteiger partial charge in [-0.2, -0.15) is 0 Å². The van der Waals surface area contributed by atoms with E-state index in [9.17, 15) is 9.59 Å². The highest BCUT2D eigenvalue weighted by atomic mass is 79.9. The van der Waals surface area contributed by atoms with Crippen LogP contribution in [0.15, 0.2) is 22.7 Å². The zero-order valence-corrected chi connectivity index (χ0v) is 10.8. The normalized spacial score (nSPS) is 11.9. The monoisotopic (exact) mass is 321 g/mol. The van der Waals surface area contributed by atoms with Crippen molar-refractivity contribution in [2.45, 2.75) is 6.04 Å². The van der Waals surface area contributed by atoms with Crippen LogP contribution in [0.1, 0.15) is 10.4 Å². The zero-order valence-electron chi connectivity index (χ0n) is 8.48. The smallest absolute Gasteiger partial charge is 0.328 e. The molecule has 1 aromatic carbocycles. The Kier molecular flexibility index (Phi) is 4.92. The summed E-state index contributed by atoms with van der Waals surface area (Å²) in [6, 6.07) is 3.22. The molecule has 5 nitrogen and oxygen atoms in total. The molecule has 1 aromatic rings. The van der Waals surface area contributed by atoms with Crippen molar-refractivity contribution < 1.29 is 19.8 Å². The first-order chi connectivity index (χ1) is 7.95. The second-order valence-electron chi connectivity index (χ2n) is 3.17. The summed E-state index contributed by atoms with van der Waals surface area (Å²) < 4.78 is 0.487. The minimum Gasteiger partial charge on any atom is -0.480 e. The number of rotatable bonds is 4. The molecule has 0 spiro atoms. The molecule has 0 aliphatic carbocycles. The van der Waals surface area contributed by atoms with E-state index in [0.29, 0.717) is 9.50 Å². The minimum atomic E-state index is -1.34. The Labute approximate surface area is 111 Å². The van der Waals surface area contributed by atoms with Crippen molar-refractivity contribution in [3.63, 3.8) is 0 Å². The number of carbonyl (C=O) groups is 2.